The molecule has 0 aromatic heterocycles. The molecule has 1 unspecified atom stereocenters. The van der Waals surface area contributed by atoms with Crippen LogP contribution >= 0.6 is 0 Å². The molecule has 17 heteroatoms. The van der Waals surface area contributed by atoms with E-state index in [0.29, 0.717) is 6.92 Å². The lowest BCUT2D eigenvalue weighted by Gasteiger charge is -2.22. The summed E-state index contributed by atoms with van der Waals surface area (Å²) in [4.78, 5) is 11.1. The molecule has 0 aliphatic heterocycles. The molecule has 0 aliphatic carbocycles. The van der Waals surface area contributed by atoms with E-state index in [-0.39, 0.29) is 0 Å². The van der Waals surface area contributed by atoms with E-state index >= 15 is 0 Å². The topological polar surface area (TPSA) is 94.6 Å². The quantitative estimate of drug-likeness (QED) is 0.320. The molecule has 0 radical (unpaired) electrons. The average Bonchev–Trinajstić information content (AvgIpc) is 2.42. The number of carbonyl (C=O) groups is 1. The number of alkyl halides is 9. The van der Waals surface area contributed by atoms with Crippen LogP contribution in [0.2, 0.25) is 0 Å². The highest BCUT2D eigenvalue weighted by atomic mass is 32.3. The summed E-state index contributed by atoms with van der Waals surface area (Å²) in [6.07, 6.45) is -10.2. The Balaban J connectivity index is 5.64. The van der Waals surface area contributed by atoms with Crippen molar-refractivity contribution < 1.29 is 65.9 Å². The monoisotopic (exact) mass is 474 g/mol. The Labute approximate surface area is 152 Å². The van der Waals surface area contributed by atoms with Crippen molar-refractivity contribution in [2.45, 2.75) is 47.6 Å². The second kappa shape index (κ2) is 8.08. The van der Waals surface area contributed by atoms with Gasteiger partial charge in [0.1, 0.15) is 5.57 Å². The molecule has 0 amide bonds. The van der Waals surface area contributed by atoms with Crippen molar-refractivity contribution in [2.75, 3.05) is 0 Å². The van der Waals surface area contributed by atoms with Crippen LogP contribution in [0.3, 0.4) is 0 Å². The average molecular weight is 474 g/mol. The summed E-state index contributed by atoms with van der Waals surface area (Å²) in [5, 5.41) is 0. The van der Waals surface area contributed by atoms with Gasteiger partial charge in [-0.05, 0) is 19.8 Å². The standard InChI is InChI=1S/C11H11F9O6S2/c1-5(26-8(21)6(2)9(12,13)14)3-4-7(27(22,23)10(15,16)17)28(24,25)11(18,19)20/h5,7H,2-4H2,1H3. The number of hydrogen-bond acceptors (Lipinski definition) is 6. The fraction of sp³-hybridized carbons (Fsp3) is 0.727. The van der Waals surface area contributed by atoms with E-state index in [1.165, 1.54) is 0 Å². The van der Waals surface area contributed by atoms with Gasteiger partial charge in [0, 0.05) is 0 Å². The second-order valence-corrected chi connectivity index (χ2v) is 9.72. The van der Waals surface area contributed by atoms with Crippen molar-refractivity contribution >= 4 is 25.6 Å². The Kier molecular flexibility index (Phi) is 7.64. The molecule has 0 aromatic rings. The van der Waals surface area contributed by atoms with Crippen LogP contribution in [0.1, 0.15) is 19.8 Å². The van der Waals surface area contributed by atoms with Crippen LogP contribution in [0.5, 0.6) is 0 Å². The Morgan fingerprint density at radius 2 is 1.21 bits per heavy atom. The largest absolute Gasteiger partial charge is 0.498 e. The second-order valence-electron chi connectivity index (χ2n) is 5.18. The summed E-state index contributed by atoms with van der Waals surface area (Å²) in [6.45, 7) is 3.02. The molecule has 0 N–H and O–H groups in total. The van der Waals surface area contributed by atoms with Crippen LogP contribution < -0.4 is 0 Å². The fourth-order valence-corrected chi connectivity index (χ4v) is 5.05. The molecule has 6 nitrogen and oxygen atoms in total. The van der Waals surface area contributed by atoms with E-state index in [4.69, 9.17) is 0 Å². The summed E-state index contributed by atoms with van der Waals surface area (Å²) < 4.78 is 157. The van der Waals surface area contributed by atoms with E-state index < -0.39 is 71.9 Å². The molecule has 166 valence electrons. The van der Waals surface area contributed by atoms with Crippen molar-refractivity contribution in [2.24, 2.45) is 0 Å². The van der Waals surface area contributed by atoms with Gasteiger partial charge in [0.25, 0.3) is 19.7 Å². The maximum Gasteiger partial charge on any atom is 0.498 e. The predicted molar refractivity (Wildman–Crippen MR) is 73.7 cm³/mol. The number of hydrogen-bond donors (Lipinski definition) is 0. The molecule has 0 saturated heterocycles. The normalized spacial score (nSPS) is 15.4. The SMILES string of the molecule is C=C(C(=O)OC(C)CCC(S(=O)(=O)C(F)(F)F)S(=O)(=O)C(F)(F)F)C(F)(F)F. The van der Waals surface area contributed by atoms with Crippen LogP contribution in [0.25, 0.3) is 0 Å². The van der Waals surface area contributed by atoms with Crippen molar-refractivity contribution in [3.63, 3.8) is 0 Å². The number of esters is 1. The van der Waals surface area contributed by atoms with Gasteiger partial charge < -0.3 is 4.74 Å². The summed E-state index contributed by atoms with van der Waals surface area (Å²) in [7, 11) is -13.8. The molecule has 0 fully saturated rings. The molecule has 0 spiro atoms. The third kappa shape index (κ3) is 5.99. The van der Waals surface area contributed by atoms with Crippen molar-refractivity contribution in [3.8, 4) is 0 Å². The molecule has 0 saturated carbocycles. The molecule has 28 heavy (non-hydrogen) atoms. The summed E-state index contributed by atoms with van der Waals surface area (Å²) in [5.41, 5.74) is -14.8. The van der Waals surface area contributed by atoms with Gasteiger partial charge in [0.2, 0.25) is 0 Å². The first-order valence-electron chi connectivity index (χ1n) is 6.64. The number of carbonyl (C=O) groups excluding carboxylic acids is 1. The Bertz CT molecular complexity index is 761. The smallest absolute Gasteiger partial charge is 0.459 e. The first-order valence-corrected chi connectivity index (χ1v) is 9.73. The molecule has 0 bridgehead atoms. The van der Waals surface area contributed by atoms with E-state index in [2.05, 4.69) is 11.3 Å². The summed E-state index contributed by atoms with van der Waals surface area (Å²) in [6, 6.07) is 0. The van der Waals surface area contributed by atoms with Gasteiger partial charge in [0.05, 0.1) is 6.10 Å². The lowest BCUT2D eigenvalue weighted by molar-refractivity contribution is -0.154. The zero-order valence-electron chi connectivity index (χ0n) is 13.4. The van der Waals surface area contributed by atoms with Crippen molar-refractivity contribution in [1.82, 2.24) is 0 Å². The Morgan fingerprint density at radius 1 is 0.857 bits per heavy atom. The highest BCUT2D eigenvalue weighted by Crippen LogP contribution is 2.38. The molecular formula is C11H11F9O6S2. The van der Waals surface area contributed by atoms with E-state index in [1.54, 1.807) is 0 Å². The zero-order chi connectivity index (χ0) is 22.9. The van der Waals surface area contributed by atoms with Crippen LogP contribution in [0.15, 0.2) is 12.2 Å². The maximum absolute atomic E-state index is 12.5. The number of sulfone groups is 2. The van der Waals surface area contributed by atoms with Gasteiger partial charge in [-0.1, -0.05) is 6.58 Å². The molecule has 0 heterocycles. The molecule has 0 aromatic carbocycles. The highest BCUT2D eigenvalue weighted by molar-refractivity contribution is 8.09. The van der Waals surface area contributed by atoms with Gasteiger partial charge in [-0.2, -0.15) is 39.5 Å². The third-order valence-corrected chi connectivity index (χ3v) is 7.71. The zero-order valence-corrected chi connectivity index (χ0v) is 15.1. The Hall–Kier alpha value is -1.52. The number of ether oxygens (including phenoxy) is 1. The van der Waals surface area contributed by atoms with Gasteiger partial charge in [-0.3, -0.25) is 0 Å². The van der Waals surface area contributed by atoms with Gasteiger partial charge in [0.15, 0.2) is 4.58 Å². The number of halogens is 9. The lowest BCUT2D eigenvalue weighted by atomic mass is 10.2. The van der Waals surface area contributed by atoms with Crippen molar-refractivity contribution in [1.29, 1.82) is 0 Å². The third-order valence-electron chi connectivity index (χ3n) is 3.04. The van der Waals surface area contributed by atoms with E-state index in [1.807, 2.05) is 0 Å². The maximum atomic E-state index is 12.5. The van der Waals surface area contributed by atoms with Crippen LogP contribution in [-0.4, -0.2) is 50.7 Å². The highest BCUT2D eigenvalue weighted by Gasteiger charge is 2.62. The molecule has 0 aliphatic rings. The van der Waals surface area contributed by atoms with Crippen LogP contribution in [0.4, 0.5) is 39.5 Å². The predicted octanol–water partition coefficient (Wildman–Crippen LogP) is 3.01. The molecule has 0 rings (SSSR count). The van der Waals surface area contributed by atoms with Crippen molar-refractivity contribution in [3.05, 3.63) is 12.2 Å². The Morgan fingerprint density at radius 3 is 1.50 bits per heavy atom. The molecule has 1 atom stereocenters. The van der Waals surface area contributed by atoms with Gasteiger partial charge >= 0.3 is 23.2 Å². The first kappa shape index (κ1) is 26.5. The lowest BCUT2D eigenvalue weighted by Crippen LogP contribution is -2.45. The number of rotatable bonds is 7. The molecular weight excluding hydrogens is 463 g/mol. The first-order chi connectivity index (χ1) is 12.1. The van der Waals surface area contributed by atoms with Gasteiger partial charge in [-0.25, -0.2) is 21.6 Å². The fourth-order valence-electron chi connectivity index (χ4n) is 1.57. The van der Waals surface area contributed by atoms with E-state index in [9.17, 15) is 61.1 Å². The minimum absolute atomic E-state index is 0.693. The minimum atomic E-state index is -6.89. The summed E-state index contributed by atoms with van der Waals surface area (Å²) in [5.74, 6) is -2.13. The van der Waals surface area contributed by atoms with Crippen LogP contribution in [0, 0.1) is 0 Å². The van der Waals surface area contributed by atoms with E-state index in [0.717, 1.165) is 0 Å². The van der Waals surface area contributed by atoms with Crippen LogP contribution in [-0.2, 0) is 29.2 Å². The van der Waals surface area contributed by atoms with Gasteiger partial charge in [-0.15, -0.1) is 0 Å². The summed E-state index contributed by atoms with van der Waals surface area (Å²) >= 11 is 0. The minimum Gasteiger partial charge on any atom is -0.459 e.